The molecule has 0 fully saturated rings. The number of carbonyl (C=O) groups excluding carboxylic acids is 1. The molecular weight excluding hydrogens is 454 g/mol. The Labute approximate surface area is 203 Å². The third-order valence-corrected chi connectivity index (χ3v) is 5.27. The molecule has 10 heteroatoms. The number of anilines is 2. The molecular formula is C24H28ClN7O2. The molecule has 1 aromatic carbocycles. The number of hydrogen-bond acceptors (Lipinski definition) is 6. The molecule has 0 saturated carbocycles. The molecule has 0 aliphatic carbocycles. The maximum atomic E-state index is 13.4. The van der Waals surface area contributed by atoms with E-state index in [1.807, 2.05) is 45.0 Å². The normalized spacial score (nSPS) is 11.9. The molecule has 2 N–H and O–H groups in total. The highest BCUT2D eigenvalue weighted by atomic mass is 35.5. The predicted molar refractivity (Wildman–Crippen MR) is 132 cm³/mol. The summed E-state index contributed by atoms with van der Waals surface area (Å²) in [5.41, 5.74) is 8.91. The van der Waals surface area contributed by atoms with Gasteiger partial charge >= 0.3 is 6.09 Å². The maximum Gasteiger partial charge on any atom is 0.416 e. The number of nitrogen functional groups attached to an aromatic ring is 1. The van der Waals surface area contributed by atoms with Crippen LogP contribution >= 0.6 is 11.6 Å². The summed E-state index contributed by atoms with van der Waals surface area (Å²) < 4.78 is 9.05. The number of carbonyl (C=O) groups is 1. The first-order valence-electron chi connectivity index (χ1n) is 11.0. The van der Waals surface area contributed by atoms with Crippen molar-refractivity contribution in [2.24, 2.45) is 0 Å². The number of rotatable bonds is 5. The summed E-state index contributed by atoms with van der Waals surface area (Å²) in [6.07, 6.45) is 4.54. The molecule has 3 heterocycles. The molecule has 0 aliphatic rings. The first-order valence-corrected chi connectivity index (χ1v) is 11.3. The second-order valence-corrected chi connectivity index (χ2v) is 9.77. The van der Waals surface area contributed by atoms with E-state index < -0.39 is 11.7 Å². The fourth-order valence-corrected chi connectivity index (χ4v) is 3.73. The van der Waals surface area contributed by atoms with Gasteiger partial charge in [0.15, 0.2) is 5.65 Å². The number of nitrogens with two attached hydrogens (primary N) is 1. The SMILES string of the molecule is CC(C)c1cnn2c(N(Cc3cccc(-n4cc(N)cn4)c3)C(=O)OC(C)(C)C)cc(Cl)nc12. The Bertz CT molecular complexity index is 1340. The zero-order valence-electron chi connectivity index (χ0n) is 19.9. The molecule has 3 aromatic heterocycles. The van der Waals surface area contributed by atoms with Crippen LogP contribution in [0.15, 0.2) is 48.9 Å². The molecule has 0 spiro atoms. The average molecular weight is 482 g/mol. The first kappa shape index (κ1) is 23.6. The molecule has 0 saturated heterocycles. The van der Waals surface area contributed by atoms with Crippen LogP contribution in [0.4, 0.5) is 16.3 Å². The number of fused-ring (bicyclic) bond motifs is 1. The number of halogens is 1. The van der Waals surface area contributed by atoms with Crippen LogP contribution in [0, 0.1) is 0 Å². The Morgan fingerprint density at radius 3 is 2.62 bits per heavy atom. The molecule has 178 valence electrons. The fourth-order valence-electron chi connectivity index (χ4n) is 3.55. The van der Waals surface area contributed by atoms with Gasteiger partial charge in [0.2, 0.25) is 0 Å². The van der Waals surface area contributed by atoms with Crippen molar-refractivity contribution in [1.82, 2.24) is 24.4 Å². The molecule has 9 nitrogen and oxygen atoms in total. The average Bonchev–Trinajstić information content (AvgIpc) is 3.36. The van der Waals surface area contributed by atoms with E-state index in [4.69, 9.17) is 22.1 Å². The molecule has 1 amide bonds. The second kappa shape index (κ2) is 8.98. The lowest BCUT2D eigenvalue weighted by Crippen LogP contribution is -2.37. The zero-order valence-corrected chi connectivity index (χ0v) is 20.6. The standard InChI is InChI=1S/C24H28ClN7O2/c1-15(2)19-12-28-32-21(10-20(25)29-22(19)32)30(23(33)34-24(3,4)5)13-16-7-6-8-18(9-16)31-14-17(26)11-27-31/h6-12,14-15H,13,26H2,1-5H3. The van der Waals surface area contributed by atoms with Crippen molar-refractivity contribution in [3.05, 3.63) is 65.2 Å². The van der Waals surface area contributed by atoms with E-state index in [2.05, 4.69) is 29.0 Å². The van der Waals surface area contributed by atoms with Crippen LogP contribution < -0.4 is 10.6 Å². The van der Waals surface area contributed by atoms with E-state index in [9.17, 15) is 4.79 Å². The van der Waals surface area contributed by atoms with Crippen LogP contribution in [0.25, 0.3) is 11.3 Å². The van der Waals surface area contributed by atoms with Crippen LogP contribution in [0.5, 0.6) is 0 Å². The molecule has 0 aliphatic heterocycles. The van der Waals surface area contributed by atoms with E-state index >= 15 is 0 Å². The lowest BCUT2D eigenvalue weighted by atomic mass is 10.1. The summed E-state index contributed by atoms with van der Waals surface area (Å²) in [7, 11) is 0. The van der Waals surface area contributed by atoms with Gasteiger partial charge in [-0.1, -0.05) is 37.6 Å². The van der Waals surface area contributed by atoms with Crippen molar-refractivity contribution in [3.63, 3.8) is 0 Å². The number of ether oxygens (including phenoxy) is 1. The monoisotopic (exact) mass is 481 g/mol. The van der Waals surface area contributed by atoms with Crippen molar-refractivity contribution < 1.29 is 9.53 Å². The van der Waals surface area contributed by atoms with E-state index in [0.717, 1.165) is 16.8 Å². The highest BCUT2D eigenvalue weighted by Crippen LogP contribution is 2.28. The van der Waals surface area contributed by atoms with Crippen LogP contribution in [0.3, 0.4) is 0 Å². The molecule has 4 aromatic rings. The third kappa shape index (κ3) is 4.99. The molecule has 34 heavy (non-hydrogen) atoms. The smallest absolute Gasteiger partial charge is 0.416 e. The van der Waals surface area contributed by atoms with Crippen molar-refractivity contribution >= 4 is 34.8 Å². The van der Waals surface area contributed by atoms with Crippen LogP contribution in [0.1, 0.15) is 51.7 Å². The number of hydrogen-bond donors (Lipinski definition) is 1. The maximum absolute atomic E-state index is 13.4. The van der Waals surface area contributed by atoms with Gasteiger partial charge in [-0.2, -0.15) is 14.7 Å². The Balaban J connectivity index is 1.80. The Morgan fingerprint density at radius 2 is 1.97 bits per heavy atom. The highest BCUT2D eigenvalue weighted by Gasteiger charge is 2.27. The Morgan fingerprint density at radius 1 is 1.21 bits per heavy atom. The summed E-state index contributed by atoms with van der Waals surface area (Å²) in [4.78, 5) is 19.4. The second-order valence-electron chi connectivity index (χ2n) is 9.38. The van der Waals surface area contributed by atoms with E-state index in [1.54, 1.807) is 33.9 Å². The van der Waals surface area contributed by atoms with Crippen molar-refractivity contribution in [1.29, 1.82) is 0 Å². The van der Waals surface area contributed by atoms with Gasteiger partial charge in [0.05, 0.1) is 36.5 Å². The van der Waals surface area contributed by atoms with Gasteiger partial charge in [0.1, 0.15) is 16.6 Å². The predicted octanol–water partition coefficient (Wildman–Crippen LogP) is 5.22. The van der Waals surface area contributed by atoms with Crippen molar-refractivity contribution in [2.45, 2.75) is 52.7 Å². The topological polar surface area (TPSA) is 104 Å². The molecule has 0 bridgehead atoms. The minimum absolute atomic E-state index is 0.185. The number of benzene rings is 1. The highest BCUT2D eigenvalue weighted by molar-refractivity contribution is 6.29. The fraction of sp³-hybridized carbons (Fsp3) is 0.333. The number of nitrogens with zero attached hydrogens (tertiary/aromatic N) is 6. The van der Waals surface area contributed by atoms with Crippen molar-refractivity contribution in [3.8, 4) is 5.69 Å². The summed E-state index contributed by atoms with van der Waals surface area (Å²) >= 11 is 6.40. The van der Waals surface area contributed by atoms with Gasteiger partial charge < -0.3 is 10.5 Å². The quantitative estimate of drug-likeness (QED) is 0.392. The Kier molecular flexibility index (Phi) is 6.22. The van der Waals surface area contributed by atoms with E-state index in [0.29, 0.717) is 17.2 Å². The summed E-state index contributed by atoms with van der Waals surface area (Å²) in [5.74, 6) is 0.648. The van der Waals surface area contributed by atoms with Crippen LogP contribution in [-0.2, 0) is 11.3 Å². The van der Waals surface area contributed by atoms with Gasteiger partial charge in [-0.05, 0) is 44.4 Å². The number of amides is 1. The van der Waals surface area contributed by atoms with Gasteiger partial charge in [-0.15, -0.1) is 0 Å². The molecule has 0 radical (unpaired) electrons. The van der Waals surface area contributed by atoms with E-state index in [-0.39, 0.29) is 17.6 Å². The van der Waals surface area contributed by atoms with Gasteiger partial charge in [-0.3, -0.25) is 4.90 Å². The summed E-state index contributed by atoms with van der Waals surface area (Å²) in [6.45, 7) is 9.80. The minimum atomic E-state index is -0.688. The first-order chi connectivity index (χ1) is 16.0. The van der Waals surface area contributed by atoms with Crippen molar-refractivity contribution in [2.75, 3.05) is 10.6 Å². The van der Waals surface area contributed by atoms with Crippen LogP contribution in [-0.4, -0.2) is 36.1 Å². The number of aromatic nitrogens is 5. The lowest BCUT2D eigenvalue weighted by Gasteiger charge is -2.28. The minimum Gasteiger partial charge on any atom is -0.443 e. The van der Waals surface area contributed by atoms with Gasteiger partial charge in [-0.25, -0.2) is 14.5 Å². The Hall–Kier alpha value is -3.59. The molecule has 0 unspecified atom stereocenters. The van der Waals surface area contributed by atoms with Crippen LogP contribution in [0.2, 0.25) is 5.15 Å². The lowest BCUT2D eigenvalue weighted by molar-refractivity contribution is 0.0575. The molecule has 4 rings (SSSR count). The molecule has 0 atom stereocenters. The zero-order chi connectivity index (χ0) is 24.6. The third-order valence-electron chi connectivity index (χ3n) is 5.08. The summed E-state index contributed by atoms with van der Waals surface area (Å²) in [5, 5.41) is 9.04. The largest absolute Gasteiger partial charge is 0.443 e. The van der Waals surface area contributed by atoms with Gasteiger partial charge in [0.25, 0.3) is 0 Å². The summed E-state index contributed by atoms with van der Waals surface area (Å²) in [6, 6.07) is 9.30. The van der Waals surface area contributed by atoms with Gasteiger partial charge in [0, 0.05) is 11.6 Å². The van der Waals surface area contributed by atoms with E-state index in [1.165, 1.54) is 4.90 Å².